The molecule has 1 heterocycles. The van der Waals surface area contributed by atoms with Gasteiger partial charge in [0.15, 0.2) is 0 Å². The van der Waals surface area contributed by atoms with Crippen LogP contribution in [0.2, 0.25) is 0 Å². The van der Waals surface area contributed by atoms with E-state index in [9.17, 15) is 9.59 Å². The van der Waals surface area contributed by atoms with Gasteiger partial charge in [-0.15, -0.1) is 0 Å². The molecule has 1 N–H and O–H groups in total. The molecule has 1 fully saturated rings. The van der Waals surface area contributed by atoms with Crippen molar-refractivity contribution >= 4 is 24.5 Å². The van der Waals surface area contributed by atoms with Gasteiger partial charge >= 0.3 is 13.1 Å². The van der Waals surface area contributed by atoms with Crippen LogP contribution in [0.5, 0.6) is 0 Å². The Hall–Kier alpha value is -1.86. The third-order valence-electron chi connectivity index (χ3n) is 4.62. The van der Waals surface area contributed by atoms with Crippen molar-refractivity contribution in [1.82, 2.24) is 5.32 Å². The largest absolute Gasteiger partial charge is 0.494 e. The minimum atomic E-state index is -0.453. The van der Waals surface area contributed by atoms with Gasteiger partial charge in [0, 0.05) is 12.1 Å². The lowest BCUT2D eigenvalue weighted by molar-refractivity contribution is -0.142. The van der Waals surface area contributed by atoms with E-state index in [4.69, 9.17) is 14.0 Å². The molecule has 1 aromatic rings. The van der Waals surface area contributed by atoms with Gasteiger partial charge in [-0.25, -0.2) is 0 Å². The molecule has 1 aromatic carbocycles. The normalized spacial score (nSPS) is 18.0. The lowest BCUT2D eigenvalue weighted by atomic mass is 9.79. The molecule has 2 rings (SSSR count). The van der Waals surface area contributed by atoms with Crippen LogP contribution in [0.1, 0.15) is 51.4 Å². The minimum Gasteiger partial charge on any atom is -0.466 e. The first-order valence-corrected chi connectivity index (χ1v) is 8.55. The molecule has 1 aliphatic rings. The molecule has 7 heteroatoms. The molecule has 1 aliphatic heterocycles. The first kappa shape index (κ1) is 19.5. The Morgan fingerprint density at radius 3 is 2.16 bits per heavy atom. The van der Waals surface area contributed by atoms with Crippen molar-refractivity contribution in [3.05, 3.63) is 29.8 Å². The van der Waals surface area contributed by atoms with Gasteiger partial charge in [0.25, 0.3) is 5.91 Å². The van der Waals surface area contributed by atoms with Crippen LogP contribution in [0.3, 0.4) is 0 Å². The van der Waals surface area contributed by atoms with Crippen molar-refractivity contribution < 1.29 is 23.6 Å². The Bertz CT molecular complexity index is 611. The topological polar surface area (TPSA) is 73.9 Å². The van der Waals surface area contributed by atoms with Gasteiger partial charge in [-0.2, -0.15) is 0 Å². The van der Waals surface area contributed by atoms with E-state index in [0.717, 1.165) is 5.46 Å². The average Bonchev–Trinajstić information content (AvgIpc) is 2.76. The van der Waals surface area contributed by atoms with Gasteiger partial charge in [0.2, 0.25) is 0 Å². The van der Waals surface area contributed by atoms with E-state index >= 15 is 0 Å². The first-order valence-electron chi connectivity index (χ1n) is 8.55. The third kappa shape index (κ3) is 4.61. The average molecular weight is 347 g/mol. The Morgan fingerprint density at radius 2 is 1.64 bits per heavy atom. The summed E-state index contributed by atoms with van der Waals surface area (Å²) in [6.45, 7) is 10.3. The summed E-state index contributed by atoms with van der Waals surface area (Å²) >= 11 is 0. The molecule has 0 atom stereocenters. The molecule has 0 saturated carbocycles. The van der Waals surface area contributed by atoms with E-state index in [1.807, 2.05) is 39.8 Å². The molecule has 6 nitrogen and oxygen atoms in total. The van der Waals surface area contributed by atoms with Crippen LogP contribution in [0, 0.1) is 0 Å². The number of hydrogen-bond donors (Lipinski definition) is 1. The standard InChI is InChI=1S/C18H26BNO5/c1-6-23-15(21)11-12-20-16(22)13-7-9-14(10-8-13)19-24-17(2,3)18(4,5)25-19/h7-10H,6,11-12H2,1-5H3,(H,20,22). The van der Waals surface area contributed by atoms with Gasteiger partial charge in [0.05, 0.1) is 24.2 Å². The zero-order valence-electron chi connectivity index (χ0n) is 15.5. The number of nitrogens with one attached hydrogen (secondary N) is 1. The van der Waals surface area contributed by atoms with Gasteiger partial charge in [0.1, 0.15) is 0 Å². The number of rotatable bonds is 6. The molecule has 25 heavy (non-hydrogen) atoms. The maximum atomic E-state index is 12.1. The summed E-state index contributed by atoms with van der Waals surface area (Å²) in [5.41, 5.74) is 0.576. The summed E-state index contributed by atoms with van der Waals surface area (Å²) in [6.07, 6.45) is 0.158. The molecule has 0 aliphatic carbocycles. The summed E-state index contributed by atoms with van der Waals surface area (Å²) in [4.78, 5) is 23.4. The van der Waals surface area contributed by atoms with E-state index in [1.165, 1.54) is 0 Å². The zero-order chi connectivity index (χ0) is 18.7. The van der Waals surface area contributed by atoms with Crippen LogP contribution in [-0.4, -0.2) is 43.3 Å². The van der Waals surface area contributed by atoms with Crippen LogP contribution in [0.15, 0.2) is 24.3 Å². The highest BCUT2D eigenvalue weighted by Gasteiger charge is 2.51. The van der Waals surface area contributed by atoms with Gasteiger partial charge in [-0.05, 0) is 52.2 Å². The number of benzene rings is 1. The Morgan fingerprint density at radius 1 is 1.08 bits per heavy atom. The molecular weight excluding hydrogens is 321 g/mol. The Balaban J connectivity index is 1.92. The van der Waals surface area contributed by atoms with Crippen molar-refractivity contribution in [2.24, 2.45) is 0 Å². The number of hydrogen-bond acceptors (Lipinski definition) is 5. The Labute approximate surface area is 149 Å². The summed E-state index contributed by atoms with van der Waals surface area (Å²) in [7, 11) is -0.453. The predicted octanol–water partition coefficient (Wildman–Crippen LogP) is 1.67. The van der Waals surface area contributed by atoms with Crippen molar-refractivity contribution in [3.8, 4) is 0 Å². The summed E-state index contributed by atoms with van der Waals surface area (Å²) in [5.74, 6) is -0.552. The highest BCUT2D eigenvalue weighted by atomic mass is 16.7. The molecule has 0 bridgehead atoms. The maximum absolute atomic E-state index is 12.1. The fourth-order valence-electron chi connectivity index (χ4n) is 2.38. The second kappa shape index (κ2) is 7.58. The molecule has 0 radical (unpaired) electrons. The van der Waals surface area contributed by atoms with Crippen LogP contribution in [0.25, 0.3) is 0 Å². The fraction of sp³-hybridized carbons (Fsp3) is 0.556. The molecule has 136 valence electrons. The number of carbonyl (C=O) groups excluding carboxylic acids is 2. The van der Waals surface area contributed by atoms with Gasteiger partial charge in [-0.1, -0.05) is 12.1 Å². The molecule has 0 spiro atoms. The minimum absolute atomic E-state index is 0.158. The summed E-state index contributed by atoms with van der Waals surface area (Å²) in [6, 6.07) is 7.09. The van der Waals surface area contributed by atoms with Crippen molar-refractivity contribution in [1.29, 1.82) is 0 Å². The lowest BCUT2D eigenvalue weighted by Gasteiger charge is -2.32. The van der Waals surface area contributed by atoms with Crippen LogP contribution in [-0.2, 0) is 18.8 Å². The van der Waals surface area contributed by atoms with Crippen LogP contribution < -0.4 is 10.8 Å². The maximum Gasteiger partial charge on any atom is 0.494 e. The predicted molar refractivity (Wildman–Crippen MR) is 95.7 cm³/mol. The number of ether oxygens (including phenoxy) is 1. The second-order valence-electron chi connectivity index (χ2n) is 7.02. The highest BCUT2D eigenvalue weighted by molar-refractivity contribution is 6.62. The number of esters is 1. The molecule has 0 unspecified atom stereocenters. The van der Waals surface area contributed by atoms with Gasteiger partial charge < -0.3 is 19.4 Å². The smallest absolute Gasteiger partial charge is 0.466 e. The van der Waals surface area contributed by atoms with E-state index in [1.54, 1.807) is 19.1 Å². The van der Waals surface area contributed by atoms with Crippen LogP contribution >= 0.6 is 0 Å². The van der Waals surface area contributed by atoms with Gasteiger partial charge in [-0.3, -0.25) is 9.59 Å². The fourth-order valence-corrected chi connectivity index (χ4v) is 2.38. The first-order chi connectivity index (χ1) is 11.7. The summed E-state index contributed by atoms with van der Waals surface area (Å²) in [5, 5.41) is 2.70. The summed E-state index contributed by atoms with van der Waals surface area (Å²) < 4.78 is 16.8. The van der Waals surface area contributed by atoms with E-state index in [-0.39, 0.29) is 24.8 Å². The monoisotopic (exact) mass is 347 g/mol. The Kier molecular flexibility index (Phi) is 5.90. The third-order valence-corrected chi connectivity index (χ3v) is 4.62. The van der Waals surface area contributed by atoms with Crippen LogP contribution in [0.4, 0.5) is 0 Å². The number of carbonyl (C=O) groups is 2. The van der Waals surface area contributed by atoms with Crippen molar-refractivity contribution in [3.63, 3.8) is 0 Å². The highest BCUT2D eigenvalue weighted by Crippen LogP contribution is 2.36. The zero-order valence-corrected chi connectivity index (χ0v) is 15.5. The van der Waals surface area contributed by atoms with E-state index in [2.05, 4.69) is 5.32 Å². The SMILES string of the molecule is CCOC(=O)CCNC(=O)c1ccc(B2OC(C)(C)C(C)(C)O2)cc1. The molecular formula is C18H26BNO5. The van der Waals surface area contributed by atoms with Crippen molar-refractivity contribution in [2.75, 3.05) is 13.2 Å². The van der Waals surface area contributed by atoms with Crippen molar-refractivity contribution in [2.45, 2.75) is 52.2 Å². The molecule has 1 saturated heterocycles. The number of amides is 1. The quantitative estimate of drug-likeness (QED) is 0.626. The molecule has 1 amide bonds. The molecule has 0 aromatic heterocycles. The lowest BCUT2D eigenvalue weighted by Crippen LogP contribution is -2.41. The van der Waals surface area contributed by atoms with E-state index in [0.29, 0.717) is 12.2 Å². The second-order valence-corrected chi connectivity index (χ2v) is 7.02. The van der Waals surface area contributed by atoms with E-state index < -0.39 is 18.3 Å².